The van der Waals surface area contributed by atoms with Gasteiger partial charge in [0.05, 0.1) is 6.10 Å². The lowest BCUT2D eigenvalue weighted by Crippen LogP contribution is -2.06. The molecule has 0 fully saturated rings. The number of rotatable bonds is 4. The van der Waals surface area contributed by atoms with Crippen molar-refractivity contribution in [3.8, 4) is 0 Å². The predicted octanol–water partition coefficient (Wildman–Crippen LogP) is 0.983. The standard InChI is InChI=1S/C6H11N3OS2/c1-2-4(10)3-11-6-9-8-5(7)12-6/h4,10H,2-3H2,1H3,(H2,7,8). The van der Waals surface area contributed by atoms with E-state index >= 15 is 0 Å². The topological polar surface area (TPSA) is 72.0 Å². The van der Waals surface area contributed by atoms with Crippen molar-refractivity contribution in [2.45, 2.75) is 23.8 Å². The molecule has 0 amide bonds. The Kier molecular flexibility index (Phi) is 3.77. The first-order chi connectivity index (χ1) is 5.72. The molecule has 1 aromatic rings. The van der Waals surface area contributed by atoms with Gasteiger partial charge >= 0.3 is 0 Å². The Hall–Kier alpha value is -0.330. The Morgan fingerprint density at radius 3 is 2.92 bits per heavy atom. The zero-order valence-corrected chi connectivity index (χ0v) is 8.36. The Bertz CT molecular complexity index is 240. The second-order valence-electron chi connectivity index (χ2n) is 2.28. The van der Waals surface area contributed by atoms with E-state index in [1.54, 1.807) is 0 Å². The molecule has 12 heavy (non-hydrogen) atoms. The van der Waals surface area contributed by atoms with Gasteiger partial charge in [-0.2, -0.15) is 0 Å². The van der Waals surface area contributed by atoms with Gasteiger partial charge in [-0.15, -0.1) is 10.2 Å². The van der Waals surface area contributed by atoms with E-state index in [0.29, 0.717) is 10.9 Å². The van der Waals surface area contributed by atoms with E-state index in [-0.39, 0.29) is 6.10 Å². The van der Waals surface area contributed by atoms with Gasteiger partial charge in [0.25, 0.3) is 0 Å². The van der Waals surface area contributed by atoms with Crippen LogP contribution < -0.4 is 5.73 Å². The van der Waals surface area contributed by atoms with E-state index in [0.717, 1.165) is 10.8 Å². The van der Waals surface area contributed by atoms with Gasteiger partial charge in [0.1, 0.15) is 0 Å². The molecule has 6 heteroatoms. The highest BCUT2D eigenvalue weighted by atomic mass is 32.2. The van der Waals surface area contributed by atoms with Crippen LogP contribution in [0.2, 0.25) is 0 Å². The SMILES string of the molecule is CCC(O)CSc1nnc(N)s1. The average Bonchev–Trinajstić information content (AvgIpc) is 2.47. The van der Waals surface area contributed by atoms with Gasteiger partial charge in [-0.05, 0) is 6.42 Å². The van der Waals surface area contributed by atoms with Crippen LogP contribution in [0.3, 0.4) is 0 Å². The molecule has 0 aliphatic rings. The maximum absolute atomic E-state index is 9.23. The van der Waals surface area contributed by atoms with Crippen molar-refractivity contribution in [2.24, 2.45) is 0 Å². The van der Waals surface area contributed by atoms with E-state index in [9.17, 15) is 5.11 Å². The highest BCUT2D eigenvalue weighted by Crippen LogP contribution is 2.24. The molecule has 0 aliphatic carbocycles. The van der Waals surface area contributed by atoms with Crippen molar-refractivity contribution < 1.29 is 5.11 Å². The first kappa shape index (κ1) is 9.76. The van der Waals surface area contributed by atoms with Crippen LogP contribution in [0.1, 0.15) is 13.3 Å². The molecule has 1 unspecified atom stereocenters. The highest BCUT2D eigenvalue weighted by Gasteiger charge is 2.05. The molecule has 4 nitrogen and oxygen atoms in total. The molecule has 1 heterocycles. The summed E-state index contributed by atoms with van der Waals surface area (Å²) in [4.78, 5) is 0. The van der Waals surface area contributed by atoms with Crippen LogP contribution in [0.25, 0.3) is 0 Å². The van der Waals surface area contributed by atoms with Crippen molar-refractivity contribution in [3.63, 3.8) is 0 Å². The Morgan fingerprint density at radius 1 is 1.67 bits per heavy atom. The number of anilines is 1. The second kappa shape index (κ2) is 4.64. The van der Waals surface area contributed by atoms with Crippen LogP contribution in [-0.2, 0) is 0 Å². The minimum Gasteiger partial charge on any atom is -0.392 e. The fourth-order valence-corrected chi connectivity index (χ4v) is 2.27. The summed E-state index contributed by atoms with van der Waals surface area (Å²) < 4.78 is 0.819. The summed E-state index contributed by atoms with van der Waals surface area (Å²) in [5.74, 6) is 0.658. The fraction of sp³-hybridized carbons (Fsp3) is 0.667. The van der Waals surface area contributed by atoms with Gasteiger partial charge in [-0.25, -0.2) is 0 Å². The molecule has 0 aliphatic heterocycles. The third kappa shape index (κ3) is 2.96. The fourth-order valence-electron chi connectivity index (χ4n) is 0.564. The molecule has 1 aromatic heterocycles. The van der Waals surface area contributed by atoms with Crippen LogP contribution in [0, 0.1) is 0 Å². The lowest BCUT2D eigenvalue weighted by Gasteiger charge is -2.03. The van der Waals surface area contributed by atoms with Crippen molar-refractivity contribution in [2.75, 3.05) is 11.5 Å². The highest BCUT2D eigenvalue weighted by molar-refractivity contribution is 8.01. The quantitative estimate of drug-likeness (QED) is 0.717. The number of aliphatic hydroxyl groups excluding tert-OH is 1. The van der Waals surface area contributed by atoms with Gasteiger partial charge < -0.3 is 10.8 Å². The average molecular weight is 205 g/mol. The number of aromatic nitrogens is 2. The van der Waals surface area contributed by atoms with E-state index in [2.05, 4.69) is 10.2 Å². The van der Waals surface area contributed by atoms with Crippen molar-refractivity contribution >= 4 is 28.2 Å². The first-order valence-corrected chi connectivity index (χ1v) is 5.42. The molecule has 0 bridgehead atoms. The van der Waals surface area contributed by atoms with Gasteiger partial charge in [0.2, 0.25) is 5.13 Å². The van der Waals surface area contributed by atoms with Crippen LogP contribution >= 0.6 is 23.1 Å². The molecular weight excluding hydrogens is 194 g/mol. The Balaban J connectivity index is 2.33. The van der Waals surface area contributed by atoms with E-state index in [1.165, 1.54) is 23.1 Å². The third-order valence-corrected chi connectivity index (χ3v) is 3.32. The lowest BCUT2D eigenvalue weighted by molar-refractivity contribution is 0.195. The Morgan fingerprint density at radius 2 is 2.42 bits per heavy atom. The Labute approximate surface area is 79.2 Å². The van der Waals surface area contributed by atoms with Gasteiger partial charge in [-0.1, -0.05) is 30.0 Å². The molecule has 0 saturated carbocycles. The smallest absolute Gasteiger partial charge is 0.203 e. The van der Waals surface area contributed by atoms with Gasteiger partial charge in [0, 0.05) is 5.75 Å². The first-order valence-electron chi connectivity index (χ1n) is 3.62. The van der Waals surface area contributed by atoms with Crippen LogP contribution in [0.5, 0.6) is 0 Å². The minimum atomic E-state index is -0.264. The van der Waals surface area contributed by atoms with Crippen molar-refractivity contribution in [1.29, 1.82) is 0 Å². The van der Waals surface area contributed by atoms with Crippen molar-refractivity contribution in [3.05, 3.63) is 0 Å². The lowest BCUT2D eigenvalue weighted by atomic mass is 10.3. The normalized spacial score (nSPS) is 13.2. The van der Waals surface area contributed by atoms with E-state index in [4.69, 9.17) is 5.73 Å². The third-order valence-electron chi connectivity index (χ3n) is 1.29. The summed E-state index contributed by atoms with van der Waals surface area (Å²) in [5, 5.41) is 17.2. The van der Waals surface area contributed by atoms with Gasteiger partial charge in [-0.3, -0.25) is 0 Å². The number of nitrogens with zero attached hydrogens (tertiary/aromatic N) is 2. The zero-order chi connectivity index (χ0) is 8.97. The van der Waals surface area contributed by atoms with Crippen LogP contribution in [-0.4, -0.2) is 27.2 Å². The summed E-state index contributed by atoms with van der Waals surface area (Å²) >= 11 is 2.84. The number of hydrogen-bond acceptors (Lipinski definition) is 6. The monoisotopic (exact) mass is 205 g/mol. The van der Waals surface area contributed by atoms with Crippen LogP contribution in [0.15, 0.2) is 4.34 Å². The number of nitrogen functional groups attached to an aromatic ring is 1. The largest absolute Gasteiger partial charge is 0.392 e. The predicted molar refractivity (Wildman–Crippen MR) is 51.3 cm³/mol. The molecule has 0 radical (unpaired) electrons. The number of nitrogens with two attached hydrogens (primary N) is 1. The number of hydrogen-bond donors (Lipinski definition) is 2. The maximum Gasteiger partial charge on any atom is 0.203 e. The molecule has 1 rings (SSSR count). The molecule has 3 N–H and O–H groups in total. The van der Waals surface area contributed by atoms with Crippen LogP contribution in [0.4, 0.5) is 5.13 Å². The summed E-state index contributed by atoms with van der Waals surface area (Å²) in [7, 11) is 0. The molecular formula is C6H11N3OS2. The van der Waals surface area contributed by atoms with E-state index in [1.807, 2.05) is 6.92 Å². The number of aliphatic hydroxyl groups is 1. The summed E-state index contributed by atoms with van der Waals surface area (Å²) in [6.07, 6.45) is 0.501. The summed E-state index contributed by atoms with van der Waals surface area (Å²) in [6.45, 7) is 1.94. The van der Waals surface area contributed by atoms with Gasteiger partial charge in [0.15, 0.2) is 4.34 Å². The second-order valence-corrected chi connectivity index (χ2v) is 4.56. The molecule has 0 saturated heterocycles. The summed E-state index contributed by atoms with van der Waals surface area (Å²) in [6, 6.07) is 0. The maximum atomic E-state index is 9.23. The number of thioether (sulfide) groups is 1. The molecule has 0 aromatic carbocycles. The van der Waals surface area contributed by atoms with Crippen molar-refractivity contribution in [1.82, 2.24) is 10.2 Å². The summed E-state index contributed by atoms with van der Waals surface area (Å²) in [5.41, 5.74) is 5.39. The minimum absolute atomic E-state index is 0.264. The van der Waals surface area contributed by atoms with E-state index < -0.39 is 0 Å². The molecule has 1 atom stereocenters. The molecule has 0 spiro atoms. The zero-order valence-electron chi connectivity index (χ0n) is 6.73. The molecule has 68 valence electrons.